The molecule has 0 amide bonds. The van der Waals surface area contributed by atoms with Gasteiger partial charge in [0.15, 0.2) is 0 Å². The number of esters is 1. The second-order valence-corrected chi connectivity index (χ2v) is 12.1. The Balaban J connectivity index is 1.67. The summed E-state index contributed by atoms with van der Waals surface area (Å²) in [6.45, 7) is 12.0. The number of anilines is 1. The minimum Gasteiger partial charge on any atom is -0.480 e. The molecular weight excluding hydrogens is 546 g/mol. The topological polar surface area (TPSA) is 83.0 Å². The van der Waals surface area contributed by atoms with Gasteiger partial charge in [-0.1, -0.05) is 70.0 Å². The van der Waals surface area contributed by atoms with Gasteiger partial charge in [0, 0.05) is 29.2 Å². The van der Waals surface area contributed by atoms with E-state index in [1.165, 1.54) is 53.8 Å². The molecule has 228 valence electrons. The third kappa shape index (κ3) is 10.2. The van der Waals surface area contributed by atoms with E-state index in [2.05, 4.69) is 81.1 Å². The molecule has 0 unspecified atom stereocenters. The summed E-state index contributed by atoms with van der Waals surface area (Å²) < 4.78 is 5.14. The Bertz CT molecular complexity index is 1230. The molecule has 0 aliphatic heterocycles. The van der Waals surface area contributed by atoms with Crippen LogP contribution in [0, 0.1) is 0 Å². The first-order chi connectivity index (χ1) is 20.2. The first-order valence-electron chi connectivity index (χ1n) is 15.2. The van der Waals surface area contributed by atoms with E-state index in [-0.39, 0.29) is 19.6 Å². The predicted molar refractivity (Wildman–Crippen MR) is 172 cm³/mol. The highest BCUT2D eigenvalue weighted by atomic mass is 32.1. The normalized spacial score (nSPS) is 11.4. The second-order valence-electron chi connectivity index (χ2n) is 11.2. The van der Waals surface area contributed by atoms with Crippen LogP contribution in [0.3, 0.4) is 0 Å². The summed E-state index contributed by atoms with van der Waals surface area (Å²) in [6.07, 6.45) is 5.62. The van der Waals surface area contributed by atoms with Crippen LogP contribution in [-0.4, -0.2) is 52.7 Å². The van der Waals surface area contributed by atoms with Gasteiger partial charge in [-0.15, -0.1) is 11.3 Å². The van der Waals surface area contributed by atoms with Gasteiger partial charge in [-0.2, -0.15) is 0 Å². The van der Waals surface area contributed by atoms with Crippen LogP contribution in [0.1, 0.15) is 88.8 Å². The number of ether oxygens (including phenoxy) is 1. The molecule has 0 radical (unpaired) electrons. The second kappa shape index (κ2) is 17.0. The van der Waals surface area contributed by atoms with Gasteiger partial charge >= 0.3 is 11.9 Å². The molecule has 2 aromatic carbocycles. The SMILES string of the molecule is CCCOC(=O)CN(CC(=O)O)Cc1nc(-c2ccc(CN(c3ccc(C(CCC)CCC)cc3)C(C)C)cc2)cs1. The minimum absolute atomic E-state index is 0.0803. The van der Waals surface area contributed by atoms with Crippen molar-refractivity contribution in [2.75, 3.05) is 24.6 Å². The zero-order chi connectivity index (χ0) is 30.5. The van der Waals surface area contributed by atoms with E-state index in [1.54, 1.807) is 4.90 Å². The summed E-state index contributed by atoms with van der Waals surface area (Å²) in [6, 6.07) is 18.0. The Morgan fingerprint density at radius 3 is 2.14 bits per heavy atom. The monoisotopic (exact) mass is 593 g/mol. The highest BCUT2D eigenvalue weighted by molar-refractivity contribution is 7.09. The molecule has 0 aliphatic rings. The molecular formula is C34H47N3O4S. The molecule has 1 N–H and O–H groups in total. The lowest BCUT2D eigenvalue weighted by molar-refractivity contribution is -0.146. The minimum atomic E-state index is -0.991. The van der Waals surface area contributed by atoms with Gasteiger partial charge in [0.25, 0.3) is 0 Å². The van der Waals surface area contributed by atoms with Crippen molar-refractivity contribution in [3.05, 3.63) is 70.0 Å². The molecule has 1 heterocycles. The Morgan fingerprint density at radius 2 is 1.57 bits per heavy atom. The van der Waals surface area contributed by atoms with Crippen LogP contribution < -0.4 is 4.90 Å². The van der Waals surface area contributed by atoms with E-state index in [1.807, 2.05) is 12.3 Å². The fourth-order valence-corrected chi connectivity index (χ4v) is 6.02. The van der Waals surface area contributed by atoms with Gasteiger partial charge < -0.3 is 14.7 Å². The smallest absolute Gasteiger partial charge is 0.320 e. The van der Waals surface area contributed by atoms with E-state index in [4.69, 9.17) is 9.72 Å². The Morgan fingerprint density at radius 1 is 0.905 bits per heavy atom. The number of rotatable bonds is 18. The number of aromatic nitrogens is 1. The van der Waals surface area contributed by atoms with Gasteiger partial charge in [-0.25, -0.2) is 4.98 Å². The third-order valence-corrected chi connectivity index (χ3v) is 8.12. The van der Waals surface area contributed by atoms with Crippen molar-refractivity contribution in [3.8, 4) is 11.3 Å². The van der Waals surface area contributed by atoms with Crippen molar-refractivity contribution in [3.63, 3.8) is 0 Å². The van der Waals surface area contributed by atoms with Gasteiger partial charge in [-0.05, 0) is 62.3 Å². The number of thiazole rings is 1. The van der Waals surface area contributed by atoms with E-state index < -0.39 is 11.9 Å². The van der Waals surface area contributed by atoms with Crippen molar-refractivity contribution in [1.29, 1.82) is 0 Å². The highest BCUT2D eigenvalue weighted by Crippen LogP contribution is 2.30. The lowest BCUT2D eigenvalue weighted by Gasteiger charge is -2.30. The summed E-state index contributed by atoms with van der Waals surface area (Å²) in [7, 11) is 0. The van der Waals surface area contributed by atoms with Crippen molar-refractivity contribution in [2.24, 2.45) is 0 Å². The molecule has 7 nitrogen and oxygen atoms in total. The number of carbonyl (C=O) groups is 2. The molecule has 0 saturated carbocycles. The Hall–Kier alpha value is -3.23. The average molecular weight is 594 g/mol. The third-order valence-electron chi connectivity index (χ3n) is 7.29. The average Bonchev–Trinajstić information content (AvgIpc) is 3.43. The van der Waals surface area contributed by atoms with Crippen molar-refractivity contribution < 1.29 is 19.4 Å². The van der Waals surface area contributed by atoms with Crippen molar-refractivity contribution in [1.82, 2.24) is 9.88 Å². The fourth-order valence-electron chi connectivity index (χ4n) is 5.17. The summed E-state index contributed by atoms with van der Waals surface area (Å²) in [4.78, 5) is 32.1. The molecule has 0 saturated heterocycles. The van der Waals surface area contributed by atoms with Crippen LogP contribution >= 0.6 is 11.3 Å². The molecule has 8 heteroatoms. The Labute approximate surface area is 255 Å². The lowest BCUT2D eigenvalue weighted by Crippen LogP contribution is -2.35. The maximum atomic E-state index is 12.1. The molecule has 1 aromatic heterocycles. The van der Waals surface area contributed by atoms with Gasteiger partial charge in [0.05, 0.1) is 31.9 Å². The maximum Gasteiger partial charge on any atom is 0.320 e. The van der Waals surface area contributed by atoms with Crippen molar-refractivity contribution in [2.45, 2.75) is 91.8 Å². The van der Waals surface area contributed by atoms with Crippen LogP contribution in [0.15, 0.2) is 53.9 Å². The maximum absolute atomic E-state index is 12.1. The molecule has 0 fully saturated rings. The van der Waals surface area contributed by atoms with E-state index in [0.29, 0.717) is 18.6 Å². The largest absolute Gasteiger partial charge is 0.480 e. The van der Waals surface area contributed by atoms with Gasteiger partial charge in [0.2, 0.25) is 0 Å². The first-order valence-corrected chi connectivity index (χ1v) is 16.1. The quantitative estimate of drug-likeness (QED) is 0.151. The van der Waals surface area contributed by atoms with Crippen LogP contribution in [0.4, 0.5) is 5.69 Å². The standard InChI is InChI=1S/C34H47N3O4S/c1-6-9-27(10-7-2)28-15-17-30(18-16-28)37(25(4)5)20-26-11-13-29(14-12-26)31-24-42-32(35-31)21-36(22-33(38)39)23-34(40)41-19-8-3/h11-18,24-25,27H,6-10,19-23H2,1-5H3,(H,38,39). The molecule has 0 aliphatic carbocycles. The highest BCUT2D eigenvalue weighted by Gasteiger charge is 2.18. The zero-order valence-corrected chi connectivity index (χ0v) is 26.7. The number of aliphatic carboxylic acids is 1. The van der Waals surface area contributed by atoms with Crippen LogP contribution in [0.5, 0.6) is 0 Å². The van der Waals surface area contributed by atoms with E-state index in [0.717, 1.165) is 29.2 Å². The Kier molecular flexibility index (Phi) is 13.5. The first kappa shape index (κ1) is 33.3. The molecule has 0 atom stereocenters. The van der Waals surface area contributed by atoms with Gasteiger partial charge in [-0.3, -0.25) is 14.5 Å². The molecule has 3 aromatic rings. The van der Waals surface area contributed by atoms with E-state index >= 15 is 0 Å². The number of hydrogen-bond donors (Lipinski definition) is 1. The van der Waals surface area contributed by atoms with Crippen LogP contribution in [-0.2, 0) is 27.4 Å². The number of carboxylic acid groups (broad SMARTS) is 1. The molecule has 42 heavy (non-hydrogen) atoms. The zero-order valence-electron chi connectivity index (χ0n) is 25.8. The number of carbonyl (C=O) groups excluding carboxylic acids is 1. The number of nitrogens with zero attached hydrogens (tertiary/aromatic N) is 3. The number of hydrogen-bond acceptors (Lipinski definition) is 7. The van der Waals surface area contributed by atoms with Crippen molar-refractivity contribution >= 4 is 29.0 Å². The summed E-state index contributed by atoms with van der Waals surface area (Å²) in [5.74, 6) is -0.772. The van der Waals surface area contributed by atoms with E-state index in [9.17, 15) is 14.7 Å². The van der Waals surface area contributed by atoms with Crippen LogP contribution in [0.2, 0.25) is 0 Å². The molecule has 0 bridgehead atoms. The predicted octanol–water partition coefficient (Wildman–Crippen LogP) is 7.75. The number of benzene rings is 2. The molecule has 3 rings (SSSR count). The lowest BCUT2D eigenvalue weighted by atomic mass is 9.90. The number of carboxylic acids is 1. The van der Waals surface area contributed by atoms with Crippen LogP contribution in [0.25, 0.3) is 11.3 Å². The summed E-state index contributed by atoms with van der Waals surface area (Å²) in [5.41, 5.74) is 5.75. The molecule has 0 spiro atoms. The van der Waals surface area contributed by atoms with Gasteiger partial charge in [0.1, 0.15) is 5.01 Å². The fraction of sp³-hybridized carbons (Fsp3) is 0.500. The summed E-state index contributed by atoms with van der Waals surface area (Å²) in [5, 5.41) is 12.0. The summed E-state index contributed by atoms with van der Waals surface area (Å²) >= 11 is 1.46.